The molecular weight excluding hydrogens is 222 g/mol. The normalized spacial score (nSPS) is 24.3. The van der Waals surface area contributed by atoms with E-state index in [2.05, 4.69) is 22.2 Å². The molecule has 0 atom stereocenters. The number of hydrogen-bond acceptors (Lipinski definition) is 3. The molecule has 0 bridgehead atoms. The van der Waals surface area contributed by atoms with E-state index in [4.69, 9.17) is 0 Å². The fourth-order valence-electron chi connectivity index (χ4n) is 3.36. The third-order valence-corrected chi connectivity index (χ3v) is 4.64. The van der Waals surface area contributed by atoms with Gasteiger partial charge in [0.1, 0.15) is 0 Å². The van der Waals surface area contributed by atoms with E-state index in [9.17, 15) is 0 Å². The molecule has 0 aromatic heterocycles. The summed E-state index contributed by atoms with van der Waals surface area (Å²) >= 11 is 0. The Balaban J connectivity index is 1.59. The molecule has 2 rings (SSSR count). The summed E-state index contributed by atoms with van der Waals surface area (Å²) in [5.74, 6) is 0. The van der Waals surface area contributed by atoms with Crippen molar-refractivity contribution in [3.63, 3.8) is 0 Å². The lowest BCUT2D eigenvalue weighted by molar-refractivity contribution is 0.189. The van der Waals surface area contributed by atoms with E-state index in [1.54, 1.807) is 0 Å². The van der Waals surface area contributed by atoms with Crippen molar-refractivity contribution in [3.05, 3.63) is 0 Å². The smallest absolute Gasteiger partial charge is 0.0107 e. The molecule has 1 N–H and O–H groups in total. The molecule has 1 saturated heterocycles. The van der Waals surface area contributed by atoms with Gasteiger partial charge in [-0.25, -0.2) is 0 Å². The van der Waals surface area contributed by atoms with Gasteiger partial charge in [0.05, 0.1) is 0 Å². The highest BCUT2D eigenvalue weighted by atomic mass is 15.2. The van der Waals surface area contributed by atoms with Crippen LogP contribution in [0.3, 0.4) is 0 Å². The topological polar surface area (TPSA) is 18.5 Å². The molecule has 0 amide bonds. The zero-order valence-electron chi connectivity index (χ0n) is 12.2. The summed E-state index contributed by atoms with van der Waals surface area (Å²) in [4.78, 5) is 5.24. The van der Waals surface area contributed by atoms with Crippen molar-refractivity contribution in [2.75, 3.05) is 46.3 Å². The Morgan fingerprint density at radius 2 is 1.72 bits per heavy atom. The second-order valence-electron chi connectivity index (χ2n) is 6.07. The molecule has 1 aliphatic heterocycles. The van der Waals surface area contributed by atoms with Crippen molar-refractivity contribution >= 4 is 0 Å². The fourth-order valence-corrected chi connectivity index (χ4v) is 3.36. The number of nitrogens with zero attached hydrogens (tertiary/aromatic N) is 2. The van der Waals surface area contributed by atoms with Crippen molar-refractivity contribution in [1.82, 2.24) is 15.1 Å². The summed E-state index contributed by atoms with van der Waals surface area (Å²) in [6.07, 6.45) is 10.0. The zero-order chi connectivity index (χ0) is 12.6. The van der Waals surface area contributed by atoms with E-state index in [1.807, 2.05) is 0 Å². The highest BCUT2D eigenvalue weighted by molar-refractivity contribution is 4.73. The standard InChI is InChI=1S/C15H31N3/c1-17(15-7-4-2-3-5-8-15)11-6-12-18-13-9-16-10-14-18/h15-16H,2-14H2,1H3. The van der Waals surface area contributed by atoms with E-state index >= 15 is 0 Å². The highest BCUT2D eigenvalue weighted by Crippen LogP contribution is 2.21. The van der Waals surface area contributed by atoms with Crippen LogP contribution in [0.1, 0.15) is 44.9 Å². The van der Waals surface area contributed by atoms with Crippen LogP contribution in [0.4, 0.5) is 0 Å². The molecule has 2 fully saturated rings. The lowest BCUT2D eigenvalue weighted by Gasteiger charge is -2.30. The Labute approximate surface area is 113 Å². The molecule has 0 spiro atoms. The maximum Gasteiger partial charge on any atom is 0.0107 e. The Morgan fingerprint density at radius 1 is 1.06 bits per heavy atom. The highest BCUT2D eigenvalue weighted by Gasteiger charge is 2.17. The Morgan fingerprint density at radius 3 is 2.39 bits per heavy atom. The number of piperazine rings is 1. The van der Waals surface area contributed by atoms with Crippen molar-refractivity contribution < 1.29 is 0 Å². The number of rotatable bonds is 5. The van der Waals surface area contributed by atoms with Gasteiger partial charge in [-0.1, -0.05) is 25.7 Å². The summed E-state index contributed by atoms with van der Waals surface area (Å²) in [7, 11) is 2.34. The summed E-state index contributed by atoms with van der Waals surface area (Å²) < 4.78 is 0. The molecule has 0 aromatic carbocycles. The minimum Gasteiger partial charge on any atom is -0.314 e. The summed E-state index contributed by atoms with van der Waals surface area (Å²) in [6, 6.07) is 0.871. The van der Waals surface area contributed by atoms with Crippen LogP contribution in [0.15, 0.2) is 0 Å². The van der Waals surface area contributed by atoms with Crippen LogP contribution >= 0.6 is 0 Å². The first-order valence-electron chi connectivity index (χ1n) is 7.99. The van der Waals surface area contributed by atoms with Gasteiger partial charge in [-0.15, -0.1) is 0 Å². The fraction of sp³-hybridized carbons (Fsp3) is 1.00. The van der Waals surface area contributed by atoms with Gasteiger partial charge < -0.3 is 15.1 Å². The maximum atomic E-state index is 3.42. The van der Waals surface area contributed by atoms with Gasteiger partial charge in [-0.05, 0) is 39.4 Å². The molecule has 1 aliphatic carbocycles. The molecule has 2 aliphatic rings. The number of nitrogens with one attached hydrogen (secondary N) is 1. The van der Waals surface area contributed by atoms with E-state index in [1.165, 1.54) is 84.2 Å². The SMILES string of the molecule is CN(CCCN1CCNCC1)C1CCCCCC1. The summed E-state index contributed by atoms with van der Waals surface area (Å²) in [5.41, 5.74) is 0. The van der Waals surface area contributed by atoms with E-state index < -0.39 is 0 Å². The van der Waals surface area contributed by atoms with Gasteiger partial charge in [0.15, 0.2) is 0 Å². The Kier molecular flexibility index (Phi) is 6.46. The first kappa shape index (κ1) is 14.3. The average Bonchev–Trinajstić information content (AvgIpc) is 2.69. The molecule has 3 heteroatoms. The van der Waals surface area contributed by atoms with Gasteiger partial charge in [0.2, 0.25) is 0 Å². The minimum absolute atomic E-state index is 0.871. The van der Waals surface area contributed by atoms with Crippen molar-refractivity contribution in [2.24, 2.45) is 0 Å². The lowest BCUT2D eigenvalue weighted by atomic mass is 10.1. The molecule has 106 valence electrons. The van der Waals surface area contributed by atoms with Gasteiger partial charge in [-0.2, -0.15) is 0 Å². The third kappa shape index (κ3) is 4.87. The molecule has 0 radical (unpaired) electrons. The van der Waals surface area contributed by atoms with E-state index in [0.717, 1.165) is 6.04 Å². The van der Waals surface area contributed by atoms with Gasteiger partial charge in [0, 0.05) is 32.2 Å². The molecule has 0 aromatic rings. The van der Waals surface area contributed by atoms with Crippen molar-refractivity contribution in [3.8, 4) is 0 Å². The van der Waals surface area contributed by atoms with Crippen LogP contribution in [-0.2, 0) is 0 Å². The molecule has 18 heavy (non-hydrogen) atoms. The molecule has 0 unspecified atom stereocenters. The molecule has 3 nitrogen and oxygen atoms in total. The van der Waals surface area contributed by atoms with Crippen molar-refractivity contribution in [2.45, 2.75) is 51.0 Å². The Hall–Kier alpha value is -0.120. The second-order valence-corrected chi connectivity index (χ2v) is 6.07. The third-order valence-electron chi connectivity index (χ3n) is 4.64. The lowest BCUT2D eigenvalue weighted by Crippen LogP contribution is -2.44. The predicted octanol–water partition coefficient (Wildman–Crippen LogP) is 1.94. The summed E-state index contributed by atoms with van der Waals surface area (Å²) in [6.45, 7) is 7.42. The first-order chi connectivity index (χ1) is 8.86. The maximum absolute atomic E-state index is 3.42. The minimum atomic E-state index is 0.871. The molecule has 1 saturated carbocycles. The van der Waals surface area contributed by atoms with Gasteiger partial charge in [-0.3, -0.25) is 0 Å². The molecular formula is C15H31N3. The quantitative estimate of drug-likeness (QED) is 0.755. The summed E-state index contributed by atoms with van der Waals surface area (Å²) in [5, 5.41) is 3.42. The van der Waals surface area contributed by atoms with Crippen LogP contribution < -0.4 is 5.32 Å². The first-order valence-corrected chi connectivity index (χ1v) is 7.99. The van der Waals surface area contributed by atoms with Crippen LogP contribution in [-0.4, -0.2) is 62.2 Å². The zero-order valence-corrected chi connectivity index (χ0v) is 12.2. The average molecular weight is 253 g/mol. The monoisotopic (exact) mass is 253 g/mol. The van der Waals surface area contributed by atoms with Gasteiger partial charge in [0.25, 0.3) is 0 Å². The van der Waals surface area contributed by atoms with Gasteiger partial charge >= 0.3 is 0 Å². The second kappa shape index (κ2) is 8.13. The number of hydrogen-bond donors (Lipinski definition) is 1. The van der Waals surface area contributed by atoms with Crippen LogP contribution in [0.5, 0.6) is 0 Å². The van der Waals surface area contributed by atoms with E-state index in [0.29, 0.717) is 0 Å². The predicted molar refractivity (Wildman–Crippen MR) is 78.0 cm³/mol. The largest absolute Gasteiger partial charge is 0.314 e. The molecule has 1 heterocycles. The van der Waals surface area contributed by atoms with Crippen molar-refractivity contribution in [1.29, 1.82) is 0 Å². The van der Waals surface area contributed by atoms with Crippen LogP contribution in [0.25, 0.3) is 0 Å². The van der Waals surface area contributed by atoms with Crippen LogP contribution in [0.2, 0.25) is 0 Å². The Bertz CT molecular complexity index is 206. The van der Waals surface area contributed by atoms with E-state index in [-0.39, 0.29) is 0 Å². The van der Waals surface area contributed by atoms with Crippen LogP contribution in [0, 0.1) is 0 Å².